The second-order valence-corrected chi connectivity index (χ2v) is 14.8. The van der Waals surface area contributed by atoms with Gasteiger partial charge in [-0.05, 0) is 91.8 Å². The molecule has 0 unspecified atom stereocenters. The number of nitrogens with one attached hydrogen (secondary N) is 4. The van der Waals surface area contributed by atoms with Gasteiger partial charge in [-0.15, -0.1) is 0 Å². The van der Waals surface area contributed by atoms with Gasteiger partial charge in [-0.1, -0.05) is 51.5 Å². The van der Waals surface area contributed by atoms with Gasteiger partial charge in [-0.2, -0.15) is 5.10 Å². The molecule has 0 radical (unpaired) electrons. The van der Waals surface area contributed by atoms with Crippen molar-refractivity contribution in [3.63, 3.8) is 0 Å². The topological polar surface area (TPSA) is 109 Å². The van der Waals surface area contributed by atoms with Crippen LogP contribution < -0.4 is 25.9 Å². The average Bonchev–Trinajstić information content (AvgIpc) is 4.14. The van der Waals surface area contributed by atoms with Gasteiger partial charge >= 0.3 is 0 Å². The van der Waals surface area contributed by atoms with E-state index < -0.39 is 24.7 Å². The number of hydrogen-bond donors (Lipinski definition) is 4. The van der Waals surface area contributed by atoms with Gasteiger partial charge in [0.1, 0.15) is 17.1 Å². The Morgan fingerprint density at radius 1 is 0.750 bits per heavy atom. The standard InChI is InChI=1S/C41H32F4N8O2S/c1-22-6-2-3-7-29(22)49-41(55)28-21-51(53-34(37(44)45)19-32(24-12-13-24)48-39(28)53)25-14-16-26(17-15-25)56-35-9-5-4-8-30(35)50-40(54)27-20-46-52-33(36(42)43)18-31(23-10-11-23)47-38(27)52/h2-9,14-21,36-37H,10-13H2,1H3,(H3,46,47,49,50,54,55)/p+1. The van der Waals surface area contributed by atoms with E-state index in [2.05, 4.69) is 26.4 Å². The van der Waals surface area contributed by atoms with Crippen LogP contribution in [0.15, 0.2) is 130 Å². The summed E-state index contributed by atoms with van der Waals surface area (Å²) in [5, 5.41) is 16.3. The van der Waals surface area contributed by atoms with E-state index >= 15 is 0 Å². The minimum absolute atomic E-state index is 0.116. The maximum Gasteiger partial charge on any atom is 0.284 e. The summed E-state index contributed by atoms with van der Waals surface area (Å²) in [5.41, 5.74) is 5.42. The summed E-state index contributed by atoms with van der Waals surface area (Å²) >= 11 is 1.36. The van der Waals surface area contributed by atoms with Gasteiger partial charge in [0.05, 0.1) is 11.9 Å². The number of carbonyl (C=O) groups excluding carboxylic acids is 2. The highest BCUT2D eigenvalue weighted by molar-refractivity contribution is 7.99. The van der Waals surface area contributed by atoms with Crippen LogP contribution in [0.25, 0.3) is 17.1 Å². The Balaban J connectivity index is 0.994. The van der Waals surface area contributed by atoms with Crippen LogP contribution in [0.1, 0.15) is 52.0 Å². The van der Waals surface area contributed by atoms with Crippen LogP contribution in [0.2, 0.25) is 0 Å². The Hall–Kier alpha value is -6.35. The summed E-state index contributed by atoms with van der Waals surface area (Å²) in [5.74, 6) is -0.555. The fourth-order valence-electron chi connectivity index (χ4n) is 6.67. The lowest BCUT2D eigenvalue weighted by atomic mass is 10.2. The zero-order valence-electron chi connectivity index (χ0n) is 29.7. The number of halogens is 4. The first-order valence-electron chi connectivity index (χ1n) is 17.9. The third-order valence-corrected chi connectivity index (χ3v) is 10.9. The number of carbonyl (C=O) groups is 2. The molecule has 2 aliphatic carbocycles. The molecule has 2 amide bonds. The van der Waals surface area contributed by atoms with Crippen molar-refractivity contribution >= 4 is 58.0 Å². The number of allylic oxidation sites excluding steroid dienone is 6. The zero-order valence-corrected chi connectivity index (χ0v) is 30.6. The van der Waals surface area contributed by atoms with Crippen molar-refractivity contribution in [2.24, 2.45) is 0 Å². The van der Waals surface area contributed by atoms with E-state index in [9.17, 15) is 27.2 Å². The summed E-state index contributed by atoms with van der Waals surface area (Å²) in [4.78, 5) is 28.9. The van der Waals surface area contributed by atoms with E-state index in [1.165, 1.54) is 39.5 Å². The van der Waals surface area contributed by atoms with Crippen LogP contribution in [0, 0.1) is 6.92 Å². The van der Waals surface area contributed by atoms with Gasteiger partial charge < -0.3 is 21.3 Å². The normalized spacial score (nSPS) is 15.5. The van der Waals surface area contributed by atoms with Crippen LogP contribution >= 0.6 is 11.8 Å². The SMILES string of the molecule is Cc1ccccc1NC(=O)c1c[n+](-c2ccc(Sc3ccccc3NC(=O)c3cnn4c3NC(=C3CC3)C=C4C(F)F)cc2)n2c1NC(=C1CC1)C=C2C(F)F. The summed E-state index contributed by atoms with van der Waals surface area (Å²) < 4.78 is 61.3. The molecule has 0 saturated heterocycles. The molecule has 0 spiro atoms. The predicted octanol–water partition coefficient (Wildman–Crippen LogP) is 9.08. The van der Waals surface area contributed by atoms with E-state index in [1.807, 2.05) is 49.4 Å². The van der Waals surface area contributed by atoms with Crippen LogP contribution in [0.3, 0.4) is 0 Å². The number of aryl methyl sites for hydroxylation is 1. The lowest BCUT2D eigenvalue weighted by molar-refractivity contribution is -0.672. The molecule has 2 aromatic heterocycles. The van der Waals surface area contributed by atoms with Crippen LogP contribution in [0.4, 0.5) is 40.6 Å². The van der Waals surface area contributed by atoms with Crippen molar-refractivity contribution in [1.29, 1.82) is 0 Å². The predicted molar refractivity (Wildman–Crippen MR) is 206 cm³/mol. The van der Waals surface area contributed by atoms with Crippen molar-refractivity contribution in [2.45, 2.75) is 55.2 Å². The van der Waals surface area contributed by atoms with Gasteiger partial charge in [0.15, 0.2) is 17.1 Å². The Morgan fingerprint density at radius 3 is 2.00 bits per heavy atom. The molecule has 2 fully saturated rings. The van der Waals surface area contributed by atoms with E-state index in [-0.39, 0.29) is 34.2 Å². The molecule has 282 valence electrons. The van der Waals surface area contributed by atoms with Gasteiger partial charge in [0.25, 0.3) is 24.7 Å². The number of benzene rings is 3. The number of alkyl halides is 4. The minimum atomic E-state index is -2.83. The molecule has 3 aromatic carbocycles. The summed E-state index contributed by atoms with van der Waals surface area (Å²) in [6.45, 7) is 1.87. The molecule has 10 nitrogen and oxygen atoms in total. The highest BCUT2D eigenvalue weighted by Gasteiger charge is 2.38. The third-order valence-electron chi connectivity index (χ3n) is 9.84. The molecule has 4 heterocycles. The molecular weight excluding hydrogens is 745 g/mol. The van der Waals surface area contributed by atoms with E-state index in [0.29, 0.717) is 33.4 Å². The number of rotatable bonds is 9. The quantitative estimate of drug-likeness (QED) is 0.0879. The van der Waals surface area contributed by atoms with E-state index in [0.717, 1.165) is 52.0 Å². The molecule has 0 bridgehead atoms. The number of nitrogens with zero attached hydrogens (tertiary/aromatic N) is 4. The first-order valence-corrected chi connectivity index (χ1v) is 18.7. The van der Waals surface area contributed by atoms with Crippen molar-refractivity contribution in [2.75, 3.05) is 21.3 Å². The largest absolute Gasteiger partial charge is 0.339 e. The molecule has 2 aliphatic heterocycles. The smallest absolute Gasteiger partial charge is 0.284 e. The van der Waals surface area contributed by atoms with Crippen molar-refractivity contribution in [3.8, 4) is 5.69 Å². The molecule has 4 aliphatic rings. The van der Waals surface area contributed by atoms with Crippen LogP contribution in [-0.4, -0.2) is 39.1 Å². The summed E-state index contributed by atoms with van der Waals surface area (Å²) in [7, 11) is 0. The number of amides is 2. The Bertz CT molecular complexity index is 2570. The number of aromatic nitrogens is 4. The van der Waals surface area contributed by atoms with Crippen LogP contribution in [0.5, 0.6) is 0 Å². The third kappa shape index (κ3) is 6.67. The summed E-state index contributed by atoms with van der Waals surface area (Å²) in [6.07, 6.45) is 3.24. The van der Waals surface area contributed by atoms with Crippen LogP contribution in [-0.2, 0) is 0 Å². The Morgan fingerprint density at radius 2 is 1.34 bits per heavy atom. The molecule has 15 heteroatoms. The molecule has 9 rings (SSSR count). The maximum atomic E-state index is 14.7. The number of anilines is 4. The Kier molecular flexibility index (Phi) is 8.87. The monoisotopic (exact) mass is 777 g/mol. The lowest BCUT2D eigenvalue weighted by Gasteiger charge is -2.20. The van der Waals surface area contributed by atoms with Crippen molar-refractivity contribution in [3.05, 3.63) is 137 Å². The molecule has 4 N–H and O–H groups in total. The second kappa shape index (κ2) is 14.1. The number of para-hydroxylation sites is 2. The lowest BCUT2D eigenvalue weighted by Crippen LogP contribution is -2.42. The number of hydrogen-bond acceptors (Lipinski definition) is 6. The zero-order chi connectivity index (χ0) is 38.7. The second-order valence-electron chi connectivity index (χ2n) is 13.7. The van der Waals surface area contributed by atoms with Crippen molar-refractivity contribution in [1.82, 2.24) is 14.5 Å². The van der Waals surface area contributed by atoms with Gasteiger partial charge in [-0.25, -0.2) is 22.2 Å². The van der Waals surface area contributed by atoms with Gasteiger partial charge in [0.2, 0.25) is 11.9 Å². The van der Waals surface area contributed by atoms with E-state index in [4.69, 9.17) is 0 Å². The fraction of sp³-hybridized carbons (Fsp3) is 0.171. The highest BCUT2D eigenvalue weighted by atomic mass is 32.2. The Labute approximate surface area is 322 Å². The van der Waals surface area contributed by atoms with Crippen molar-refractivity contribution < 1.29 is 31.8 Å². The van der Waals surface area contributed by atoms with Gasteiger partial charge in [-0.3, -0.25) is 9.59 Å². The minimum Gasteiger partial charge on any atom is -0.339 e. The maximum absolute atomic E-state index is 14.7. The fourth-order valence-corrected chi connectivity index (χ4v) is 7.57. The number of fused-ring (bicyclic) bond motifs is 2. The summed E-state index contributed by atoms with van der Waals surface area (Å²) in [6, 6.07) is 21.7. The first kappa shape index (κ1) is 35.4. The highest BCUT2D eigenvalue weighted by Crippen LogP contribution is 2.41. The molecule has 2 saturated carbocycles. The molecule has 5 aromatic rings. The molecule has 0 atom stereocenters. The molecule has 56 heavy (non-hydrogen) atoms. The van der Waals surface area contributed by atoms with Gasteiger partial charge in [0, 0.05) is 39.0 Å². The molecular formula is C41H33F4N8O2S+. The first-order chi connectivity index (χ1) is 27.1. The van der Waals surface area contributed by atoms with E-state index in [1.54, 1.807) is 36.5 Å². The average molecular weight is 778 g/mol.